The number of urea groups is 1. The van der Waals surface area contributed by atoms with Gasteiger partial charge in [-0.3, -0.25) is 10.7 Å². The van der Waals surface area contributed by atoms with Crippen molar-refractivity contribution in [3.05, 3.63) is 47.0 Å². The Balaban J connectivity index is 2.53. The van der Waals surface area contributed by atoms with Crippen molar-refractivity contribution in [2.24, 2.45) is 0 Å². The summed E-state index contributed by atoms with van der Waals surface area (Å²) in [7, 11) is 0. The zero-order valence-corrected chi connectivity index (χ0v) is 11.6. The number of aryl methyl sites for hydroxylation is 3. The highest BCUT2D eigenvalue weighted by Gasteiger charge is 2.37. The first-order chi connectivity index (χ1) is 8.95. The van der Waals surface area contributed by atoms with Crippen molar-refractivity contribution in [1.82, 2.24) is 10.2 Å². The number of benzene rings is 1. The largest absolute Gasteiger partial charge is 0.323 e. The number of carbonyl (C=O) groups excluding carboxylic acids is 1. The maximum absolute atomic E-state index is 11.9. The van der Waals surface area contributed by atoms with Gasteiger partial charge < -0.3 is 4.90 Å². The van der Waals surface area contributed by atoms with E-state index in [0.717, 1.165) is 16.7 Å². The first kappa shape index (κ1) is 13.3. The Kier molecular flexibility index (Phi) is 3.42. The third kappa shape index (κ3) is 2.26. The summed E-state index contributed by atoms with van der Waals surface area (Å²) >= 11 is 0. The molecule has 0 saturated carbocycles. The van der Waals surface area contributed by atoms with E-state index in [0.29, 0.717) is 6.54 Å². The van der Waals surface area contributed by atoms with E-state index < -0.39 is 0 Å². The number of nitrogens with zero attached hydrogens (tertiary/aromatic N) is 1. The van der Waals surface area contributed by atoms with Crippen molar-refractivity contribution >= 4 is 11.9 Å². The van der Waals surface area contributed by atoms with E-state index in [2.05, 4.69) is 31.0 Å². The fourth-order valence-electron chi connectivity index (χ4n) is 2.78. The number of hydrogen-bond donors (Lipinski definition) is 2. The Bertz CT molecular complexity index is 540. The molecule has 4 heteroatoms. The highest BCUT2D eigenvalue weighted by atomic mass is 16.2. The van der Waals surface area contributed by atoms with Crippen molar-refractivity contribution < 1.29 is 4.79 Å². The molecule has 2 amide bonds. The summed E-state index contributed by atoms with van der Waals surface area (Å²) in [6.07, 6.45) is 1.68. The zero-order chi connectivity index (χ0) is 14.2. The number of hydrogen-bond acceptors (Lipinski definition) is 2. The van der Waals surface area contributed by atoms with Gasteiger partial charge in [-0.2, -0.15) is 0 Å². The van der Waals surface area contributed by atoms with Gasteiger partial charge in [0.2, 0.25) is 0 Å². The second-order valence-corrected chi connectivity index (χ2v) is 5.00. The summed E-state index contributed by atoms with van der Waals surface area (Å²) in [6, 6.07) is 3.62. The Labute approximate surface area is 113 Å². The van der Waals surface area contributed by atoms with Gasteiger partial charge in [0.15, 0.2) is 0 Å². The molecule has 1 atom stereocenters. The standard InChI is InChI=1S/C15H19N3O/c1-5-6-18-13(14(16)17-15(18)19)12-10(3)7-9(2)8-11(12)4/h5,7-8,13H,1,6H2,2-4H3,(H2,16,17,19). The van der Waals surface area contributed by atoms with E-state index in [4.69, 9.17) is 5.41 Å². The topological polar surface area (TPSA) is 56.2 Å². The monoisotopic (exact) mass is 257 g/mol. The van der Waals surface area contributed by atoms with Gasteiger partial charge in [-0.1, -0.05) is 23.8 Å². The van der Waals surface area contributed by atoms with Gasteiger partial charge in [0.1, 0.15) is 11.9 Å². The summed E-state index contributed by atoms with van der Waals surface area (Å²) in [6.45, 7) is 10.2. The van der Waals surface area contributed by atoms with Crippen LogP contribution in [-0.4, -0.2) is 23.3 Å². The maximum atomic E-state index is 11.9. The van der Waals surface area contributed by atoms with Gasteiger partial charge in [0, 0.05) is 6.54 Å². The van der Waals surface area contributed by atoms with E-state index in [1.807, 2.05) is 13.8 Å². The molecule has 19 heavy (non-hydrogen) atoms. The van der Waals surface area contributed by atoms with Crippen molar-refractivity contribution in [1.29, 1.82) is 5.41 Å². The predicted octanol–water partition coefficient (Wildman–Crippen LogP) is 2.84. The molecule has 0 spiro atoms. The summed E-state index contributed by atoms with van der Waals surface area (Å²) in [5, 5.41) is 10.6. The summed E-state index contributed by atoms with van der Waals surface area (Å²) in [5.74, 6) is 0.238. The van der Waals surface area contributed by atoms with Crippen molar-refractivity contribution in [2.75, 3.05) is 6.54 Å². The summed E-state index contributed by atoms with van der Waals surface area (Å²) in [4.78, 5) is 13.5. The molecular weight excluding hydrogens is 238 g/mol. The lowest BCUT2D eigenvalue weighted by Crippen LogP contribution is -2.30. The van der Waals surface area contributed by atoms with Gasteiger partial charge in [0.25, 0.3) is 0 Å². The van der Waals surface area contributed by atoms with Crippen molar-refractivity contribution in [2.45, 2.75) is 26.8 Å². The fraction of sp³-hybridized carbons (Fsp3) is 0.333. The predicted molar refractivity (Wildman–Crippen MR) is 76.6 cm³/mol. The molecule has 1 unspecified atom stereocenters. The van der Waals surface area contributed by atoms with Crippen LogP contribution in [0.2, 0.25) is 0 Å². The number of carbonyl (C=O) groups is 1. The van der Waals surface area contributed by atoms with Crippen LogP contribution in [0.3, 0.4) is 0 Å². The van der Waals surface area contributed by atoms with Crippen LogP contribution in [0.15, 0.2) is 24.8 Å². The number of amidine groups is 1. The zero-order valence-electron chi connectivity index (χ0n) is 11.6. The Morgan fingerprint density at radius 2 is 1.95 bits per heavy atom. The Morgan fingerprint density at radius 1 is 1.37 bits per heavy atom. The molecule has 0 aromatic heterocycles. The van der Waals surface area contributed by atoms with Crippen LogP contribution in [0.1, 0.15) is 28.3 Å². The van der Waals surface area contributed by atoms with E-state index in [1.54, 1.807) is 11.0 Å². The van der Waals surface area contributed by atoms with Crippen molar-refractivity contribution in [3.63, 3.8) is 0 Å². The fourth-order valence-corrected chi connectivity index (χ4v) is 2.78. The lowest BCUT2D eigenvalue weighted by atomic mass is 9.93. The van der Waals surface area contributed by atoms with Crippen LogP contribution < -0.4 is 5.32 Å². The Morgan fingerprint density at radius 3 is 2.47 bits per heavy atom. The highest BCUT2D eigenvalue weighted by Crippen LogP contribution is 2.31. The van der Waals surface area contributed by atoms with Crippen LogP contribution in [0.25, 0.3) is 0 Å². The smallest absolute Gasteiger partial charge is 0.306 e. The van der Waals surface area contributed by atoms with Gasteiger partial charge in [0.05, 0.1) is 0 Å². The molecule has 2 rings (SSSR count). The van der Waals surface area contributed by atoms with Gasteiger partial charge in [-0.05, 0) is 37.5 Å². The molecule has 4 nitrogen and oxygen atoms in total. The molecule has 0 radical (unpaired) electrons. The molecular formula is C15H19N3O. The minimum absolute atomic E-state index is 0.228. The summed E-state index contributed by atoms with van der Waals surface area (Å²) < 4.78 is 0. The molecule has 100 valence electrons. The first-order valence-corrected chi connectivity index (χ1v) is 6.30. The van der Waals surface area contributed by atoms with E-state index in [-0.39, 0.29) is 17.9 Å². The first-order valence-electron chi connectivity index (χ1n) is 6.30. The molecule has 1 aromatic carbocycles. The Hall–Kier alpha value is -2.10. The van der Waals surface area contributed by atoms with Gasteiger partial charge >= 0.3 is 6.03 Å². The van der Waals surface area contributed by atoms with Crippen LogP contribution in [0.4, 0.5) is 4.79 Å². The molecule has 1 fully saturated rings. The molecule has 1 saturated heterocycles. The molecule has 0 aliphatic carbocycles. The second kappa shape index (κ2) is 4.88. The lowest BCUT2D eigenvalue weighted by molar-refractivity contribution is 0.211. The van der Waals surface area contributed by atoms with E-state index in [1.165, 1.54) is 5.56 Å². The van der Waals surface area contributed by atoms with Crippen LogP contribution in [0, 0.1) is 26.2 Å². The quantitative estimate of drug-likeness (QED) is 0.804. The molecule has 1 heterocycles. The van der Waals surface area contributed by atoms with Crippen molar-refractivity contribution in [3.8, 4) is 0 Å². The maximum Gasteiger partial charge on any atom is 0.323 e. The van der Waals surface area contributed by atoms with Gasteiger partial charge in [-0.25, -0.2) is 4.79 Å². The molecule has 1 aliphatic heterocycles. The molecule has 0 bridgehead atoms. The van der Waals surface area contributed by atoms with E-state index in [9.17, 15) is 4.79 Å². The van der Waals surface area contributed by atoms with Crippen LogP contribution in [0.5, 0.6) is 0 Å². The molecule has 2 N–H and O–H groups in total. The number of amides is 2. The minimum atomic E-state index is -0.328. The normalized spacial score (nSPS) is 18.7. The third-order valence-electron chi connectivity index (χ3n) is 3.42. The second-order valence-electron chi connectivity index (χ2n) is 5.00. The minimum Gasteiger partial charge on any atom is -0.306 e. The van der Waals surface area contributed by atoms with Gasteiger partial charge in [-0.15, -0.1) is 6.58 Å². The molecule has 1 aromatic rings. The highest BCUT2D eigenvalue weighted by molar-refractivity contribution is 6.06. The molecule has 1 aliphatic rings. The lowest BCUT2D eigenvalue weighted by Gasteiger charge is -2.25. The van der Waals surface area contributed by atoms with E-state index >= 15 is 0 Å². The number of nitrogens with one attached hydrogen (secondary N) is 2. The summed E-state index contributed by atoms with van der Waals surface area (Å²) in [5.41, 5.74) is 4.45. The number of rotatable bonds is 3. The van der Waals surface area contributed by atoms with Crippen LogP contribution in [-0.2, 0) is 0 Å². The average molecular weight is 257 g/mol. The average Bonchev–Trinajstić information content (AvgIpc) is 2.55. The SMILES string of the molecule is C=CCN1C(=O)NC(=N)C1c1c(C)cc(C)cc1C. The van der Waals surface area contributed by atoms with Crippen LogP contribution >= 0.6 is 0 Å². The third-order valence-corrected chi connectivity index (χ3v) is 3.42.